The van der Waals surface area contributed by atoms with Crippen molar-refractivity contribution in [2.45, 2.75) is 9.79 Å². The van der Waals surface area contributed by atoms with Crippen molar-refractivity contribution in [3.05, 3.63) is 50.9 Å². The average molecular weight is 327 g/mol. The van der Waals surface area contributed by atoms with Crippen LogP contribution >= 0.6 is 35.0 Å². The first kappa shape index (κ1) is 13.4. The molecule has 0 atom stereocenters. The SMILES string of the molecule is Nc1cc2oc(=O)[nH]c2cc1Sc1cc(Cl)ccc1Cl. The van der Waals surface area contributed by atoms with E-state index in [0.29, 0.717) is 26.8 Å². The van der Waals surface area contributed by atoms with E-state index < -0.39 is 5.76 Å². The summed E-state index contributed by atoms with van der Waals surface area (Å²) in [6.45, 7) is 0. The van der Waals surface area contributed by atoms with E-state index in [0.717, 1.165) is 9.79 Å². The Hall–Kier alpha value is -1.56. The summed E-state index contributed by atoms with van der Waals surface area (Å²) in [6, 6.07) is 8.55. The molecule has 0 aliphatic carbocycles. The second-order valence-electron chi connectivity index (χ2n) is 4.08. The van der Waals surface area contributed by atoms with Gasteiger partial charge in [0.1, 0.15) is 0 Å². The molecule has 0 unspecified atom stereocenters. The monoisotopic (exact) mass is 326 g/mol. The Labute approximate surface area is 127 Å². The molecule has 0 saturated carbocycles. The highest BCUT2D eigenvalue weighted by Crippen LogP contribution is 2.38. The lowest BCUT2D eigenvalue weighted by molar-refractivity contribution is 0.555. The van der Waals surface area contributed by atoms with Gasteiger partial charge in [-0.05, 0) is 24.3 Å². The van der Waals surface area contributed by atoms with Crippen LogP contribution in [0.25, 0.3) is 11.1 Å². The van der Waals surface area contributed by atoms with Gasteiger partial charge in [0.2, 0.25) is 0 Å². The van der Waals surface area contributed by atoms with Crippen molar-refractivity contribution in [3.8, 4) is 0 Å². The number of nitrogens with one attached hydrogen (secondary N) is 1. The molecule has 0 aliphatic heterocycles. The summed E-state index contributed by atoms with van der Waals surface area (Å²) >= 11 is 13.5. The predicted octanol–water partition coefficient (Wildman–Crippen LogP) is 4.16. The topological polar surface area (TPSA) is 72.0 Å². The second-order valence-corrected chi connectivity index (χ2v) is 6.00. The van der Waals surface area contributed by atoms with E-state index in [4.69, 9.17) is 33.4 Å². The molecular formula is C13H8Cl2N2O2S. The van der Waals surface area contributed by atoms with Crippen LogP contribution in [0.15, 0.2) is 49.3 Å². The summed E-state index contributed by atoms with van der Waals surface area (Å²) in [5, 5.41) is 1.17. The molecule has 0 aliphatic rings. The highest BCUT2D eigenvalue weighted by atomic mass is 35.5. The van der Waals surface area contributed by atoms with Crippen LogP contribution in [0.5, 0.6) is 0 Å². The maximum Gasteiger partial charge on any atom is 0.417 e. The summed E-state index contributed by atoms with van der Waals surface area (Å²) in [7, 11) is 0. The summed E-state index contributed by atoms with van der Waals surface area (Å²) in [5.41, 5.74) is 7.47. The predicted molar refractivity (Wildman–Crippen MR) is 81.8 cm³/mol. The fourth-order valence-electron chi connectivity index (χ4n) is 1.76. The van der Waals surface area contributed by atoms with Gasteiger partial charge < -0.3 is 10.2 Å². The zero-order valence-corrected chi connectivity index (χ0v) is 12.3. The van der Waals surface area contributed by atoms with Gasteiger partial charge in [-0.25, -0.2) is 4.79 Å². The molecule has 3 aromatic rings. The van der Waals surface area contributed by atoms with Gasteiger partial charge in [0.05, 0.1) is 10.5 Å². The van der Waals surface area contributed by atoms with Gasteiger partial charge >= 0.3 is 5.76 Å². The van der Waals surface area contributed by atoms with Crippen LogP contribution in [-0.4, -0.2) is 4.98 Å². The largest absolute Gasteiger partial charge is 0.417 e. The zero-order valence-electron chi connectivity index (χ0n) is 9.94. The number of aromatic amines is 1. The molecule has 102 valence electrons. The molecule has 7 heteroatoms. The maximum absolute atomic E-state index is 11.2. The smallest absolute Gasteiger partial charge is 0.408 e. The van der Waals surface area contributed by atoms with Gasteiger partial charge in [-0.1, -0.05) is 35.0 Å². The first-order valence-corrected chi connectivity index (χ1v) is 7.15. The molecule has 0 bridgehead atoms. The third-order valence-corrected chi connectivity index (χ3v) is 4.47. The third-order valence-electron chi connectivity index (χ3n) is 2.66. The Kier molecular flexibility index (Phi) is 3.41. The van der Waals surface area contributed by atoms with E-state index in [-0.39, 0.29) is 0 Å². The molecule has 0 saturated heterocycles. The van der Waals surface area contributed by atoms with Gasteiger partial charge in [-0.3, -0.25) is 4.98 Å². The molecule has 3 rings (SSSR count). The lowest BCUT2D eigenvalue weighted by Gasteiger charge is -2.07. The molecule has 2 aromatic carbocycles. The minimum Gasteiger partial charge on any atom is -0.408 e. The molecule has 0 spiro atoms. The molecule has 3 N–H and O–H groups in total. The van der Waals surface area contributed by atoms with Crippen molar-refractivity contribution < 1.29 is 4.42 Å². The summed E-state index contributed by atoms with van der Waals surface area (Å²) in [6.07, 6.45) is 0. The number of H-pyrrole nitrogens is 1. The molecule has 20 heavy (non-hydrogen) atoms. The minimum absolute atomic E-state index is 0.425. The van der Waals surface area contributed by atoms with Crippen LogP contribution in [0.2, 0.25) is 10.0 Å². The number of nitrogens with two attached hydrogens (primary N) is 1. The highest BCUT2D eigenvalue weighted by molar-refractivity contribution is 7.99. The number of hydrogen-bond acceptors (Lipinski definition) is 4. The summed E-state index contributed by atoms with van der Waals surface area (Å²) in [4.78, 5) is 15.3. The van der Waals surface area contributed by atoms with Crippen LogP contribution in [0.4, 0.5) is 5.69 Å². The Balaban J connectivity index is 2.07. The Bertz CT molecular complexity index is 857. The summed E-state index contributed by atoms with van der Waals surface area (Å²) in [5.74, 6) is -0.512. The van der Waals surface area contributed by atoms with E-state index in [1.807, 2.05) is 0 Å². The lowest BCUT2D eigenvalue weighted by Crippen LogP contribution is -1.93. The average Bonchev–Trinajstić information content (AvgIpc) is 2.73. The number of oxazole rings is 1. The van der Waals surface area contributed by atoms with Crippen LogP contribution in [0.3, 0.4) is 0 Å². The van der Waals surface area contributed by atoms with Gasteiger partial charge in [0.25, 0.3) is 0 Å². The minimum atomic E-state index is -0.512. The van der Waals surface area contributed by atoms with Crippen LogP contribution in [0.1, 0.15) is 0 Å². The number of benzene rings is 2. The molecule has 4 nitrogen and oxygen atoms in total. The van der Waals surface area contributed by atoms with Crippen LogP contribution in [-0.2, 0) is 0 Å². The quantitative estimate of drug-likeness (QED) is 0.693. The van der Waals surface area contributed by atoms with E-state index in [9.17, 15) is 4.79 Å². The molecule has 0 radical (unpaired) electrons. The number of nitrogen functional groups attached to an aromatic ring is 1. The highest BCUT2D eigenvalue weighted by Gasteiger charge is 2.10. The number of halogens is 2. The lowest BCUT2D eigenvalue weighted by atomic mass is 10.3. The van der Waals surface area contributed by atoms with Crippen LogP contribution < -0.4 is 11.5 Å². The fraction of sp³-hybridized carbons (Fsp3) is 0. The first-order chi connectivity index (χ1) is 9.52. The first-order valence-electron chi connectivity index (χ1n) is 5.58. The second kappa shape index (κ2) is 5.09. The normalized spacial score (nSPS) is 11.1. The number of rotatable bonds is 2. The van der Waals surface area contributed by atoms with Gasteiger partial charge in [-0.2, -0.15) is 0 Å². The number of fused-ring (bicyclic) bond motifs is 1. The van der Waals surface area contributed by atoms with Crippen molar-refractivity contribution in [2.24, 2.45) is 0 Å². The van der Waals surface area contributed by atoms with Crippen molar-refractivity contribution in [1.29, 1.82) is 0 Å². The van der Waals surface area contributed by atoms with Crippen molar-refractivity contribution >= 4 is 51.8 Å². The zero-order chi connectivity index (χ0) is 14.3. The van der Waals surface area contributed by atoms with E-state index >= 15 is 0 Å². The Morgan fingerprint density at radius 1 is 1.15 bits per heavy atom. The fourth-order valence-corrected chi connectivity index (χ4v) is 3.17. The number of aromatic nitrogens is 1. The van der Waals surface area contributed by atoms with Crippen molar-refractivity contribution in [2.75, 3.05) is 5.73 Å². The third kappa shape index (κ3) is 2.52. The molecule has 1 aromatic heterocycles. The van der Waals surface area contributed by atoms with Crippen molar-refractivity contribution in [3.63, 3.8) is 0 Å². The van der Waals surface area contributed by atoms with Gasteiger partial charge in [-0.15, -0.1) is 0 Å². The Morgan fingerprint density at radius 3 is 2.75 bits per heavy atom. The van der Waals surface area contributed by atoms with E-state index in [1.165, 1.54) is 11.8 Å². The molecule has 1 heterocycles. The van der Waals surface area contributed by atoms with E-state index in [1.54, 1.807) is 30.3 Å². The number of hydrogen-bond donors (Lipinski definition) is 2. The molecule has 0 amide bonds. The van der Waals surface area contributed by atoms with E-state index in [2.05, 4.69) is 4.98 Å². The Morgan fingerprint density at radius 2 is 1.95 bits per heavy atom. The maximum atomic E-state index is 11.2. The van der Waals surface area contributed by atoms with Crippen LogP contribution in [0, 0.1) is 0 Å². The number of anilines is 1. The van der Waals surface area contributed by atoms with Gasteiger partial charge in [0.15, 0.2) is 5.58 Å². The molecular weight excluding hydrogens is 319 g/mol. The standard InChI is InChI=1S/C13H8Cl2N2O2S/c14-6-1-2-7(15)11(3-6)20-12-5-9-10(4-8(12)16)19-13(18)17-9/h1-5H,16H2,(H,17,18). The molecule has 0 fully saturated rings. The van der Waals surface area contributed by atoms with Crippen molar-refractivity contribution in [1.82, 2.24) is 4.98 Å². The van der Waals surface area contributed by atoms with Gasteiger partial charge in [0, 0.05) is 26.6 Å². The summed E-state index contributed by atoms with van der Waals surface area (Å²) < 4.78 is 4.95.